The Balaban J connectivity index is 2.26. The maximum absolute atomic E-state index is 11.8. The van der Waals surface area contributed by atoms with Crippen molar-refractivity contribution in [1.82, 2.24) is 0 Å². The predicted molar refractivity (Wildman–Crippen MR) is 66.2 cm³/mol. The maximum Gasteiger partial charge on any atom is 0.338 e. The summed E-state index contributed by atoms with van der Waals surface area (Å²) >= 11 is 0. The first-order chi connectivity index (χ1) is 9.04. The van der Waals surface area contributed by atoms with Gasteiger partial charge in [-0.1, -0.05) is 18.2 Å². The largest absolute Gasteiger partial charge is 0.479 e. The van der Waals surface area contributed by atoms with Crippen LogP contribution >= 0.6 is 0 Å². The van der Waals surface area contributed by atoms with E-state index in [4.69, 9.17) is 5.11 Å². The van der Waals surface area contributed by atoms with Gasteiger partial charge in [-0.3, -0.25) is 4.79 Å². The second kappa shape index (κ2) is 5.27. The molecule has 0 radical (unpaired) electrons. The summed E-state index contributed by atoms with van der Waals surface area (Å²) in [4.78, 5) is 22.9. The van der Waals surface area contributed by atoms with Gasteiger partial charge in [-0.15, -0.1) is 0 Å². The minimum Gasteiger partial charge on any atom is -0.479 e. The molecule has 2 N–H and O–H groups in total. The molecule has 1 aromatic carbocycles. The van der Waals surface area contributed by atoms with E-state index in [0.29, 0.717) is 12.1 Å². The number of hydrogen-bond acceptors (Lipinski definition) is 5. The molecule has 1 aliphatic carbocycles. The van der Waals surface area contributed by atoms with Crippen molar-refractivity contribution < 1.29 is 19.8 Å². The predicted octanol–water partition coefficient (Wildman–Crippen LogP) is 1.71. The van der Waals surface area contributed by atoms with E-state index in [1.807, 2.05) is 0 Å². The van der Waals surface area contributed by atoms with E-state index in [0.717, 1.165) is 0 Å². The SMILES string of the molecule is O=C1CCCC(O)(C(=O)O)C1N=Nc1ccccc1. The Morgan fingerprint density at radius 2 is 2.00 bits per heavy atom. The third-order valence-corrected chi connectivity index (χ3v) is 3.15. The van der Waals surface area contributed by atoms with Crippen molar-refractivity contribution in [2.45, 2.75) is 30.9 Å². The Kier molecular flexibility index (Phi) is 3.71. The van der Waals surface area contributed by atoms with Gasteiger partial charge in [-0.05, 0) is 25.0 Å². The third-order valence-electron chi connectivity index (χ3n) is 3.15. The van der Waals surface area contributed by atoms with Crippen LogP contribution in [0, 0.1) is 0 Å². The molecular formula is C13H14N2O4. The zero-order valence-electron chi connectivity index (χ0n) is 10.2. The number of carboxylic acids is 1. The van der Waals surface area contributed by atoms with Crippen molar-refractivity contribution in [2.75, 3.05) is 0 Å². The summed E-state index contributed by atoms with van der Waals surface area (Å²) in [6, 6.07) is 7.32. The van der Waals surface area contributed by atoms with Crippen molar-refractivity contribution in [3.63, 3.8) is 0 Å². The van der Waals surface area contributed by atoms with E-state index in [9.17, 15) is 14.7 Å². The average molecular weight is 262 g/mol. The van der Waals surface area contributed by atoms with Gasteiger partial charge in [0, 0.05) is 6.42 Å². The van der Waals surface area contributed by atoms with Gasteiger partial charge in [0.1, 0.15) is 0 Å². The smallest absolute Gasteiger partial charge is 0.338 e. The highest BCUT2D eigenvalue weighted by Crippen LogP contribution is 2.30. The van der Waals surface area contributed by atoms with Gasteiger partial charge < -0.3 is 10.2 Å². The summed E-state index contributed by atoms with van der Waals surface area (Å²) in [5.41, 5.74) is -1.64. The van der Waals surface area contributed by atoms with Gasteiger partial charge >= 0.3 is 5.97 Å². The number of azo groups is 1. The molecule has 2 atom stereocenters. The number of ketones is 1. The lowest BCUT2D eigenvalue weighted by molar-refractivity contribution is -0.166. The first-order valence-corrected chi connectivity index (χ1v) is 5.98. The normalized spacial score (nSPS) is 27.6. The summed E-state index contributed by atoms with van der Waals surface area (Å²) in [6.07, 6.45) is 0.569. The lowest BCUT2D eigenvalue weighted by Crippen LogP contribution is -2.54. The molecule has 0 saturated heterocycles. The maximum atomic E-state index is 11.8. The molecule has 1 fully saturated rings. The third kappa shape index (κ3) is 2.68. The van der Waals surface area contributed by atoms with E-state index >= 15 is 0 Å². The van der Waals surface area contributed by atoms with Crippen molar-refractivity contribution in [2.24, 2.45) is 10.2 Å². The highest BCUT2D eigenvalue weighted by atomic mass is 16.4. The number of carbonyl (C=O) groups excluding carboxylic acids is 1. The Morgan fingerprint density at radius 3 is 2.63 bits per heavy atom. The highest BCUT2D eigenvalue weighted by molar-refractivity contribution is 5.94. The monoisotopic (exact) mass is 262 g/mol. The molecule has 100 valence electrons. The molecule has 1 aromatic rings. The molecule has 0 amide bonds. The summed E-state index contributed by atoms with van der Waals surface area (Å²) in [6.45, 7) is 0. The Labute approximate surface area is 109 Å². The van der Waals surface area contributed by atoms with Crippen molar-refractivity contribution >= 4 is 17.4 Å². The van der Waals surface area contributed by atoms with Gasteiger partial charge in [0.15, 0.2) is 17.4 Å². The van der Waals surface area contributed by atoms with E-state index in [2.05, 4.69) is 10.2 Å². The second-order valence-electron chi connectivity index (χ2n) is 4.50. The van der Waals surface area contributed by atoms with Crippen LogP contribution in [-0.4, -0.2) is 33.6 Å². The van der Waals surface area contributed by atoms with Crippen LogP contribution in [0.3, 0.4) is 0 Å². The number of Topliss-reactive ketones (excluding diaryl/α,β-unsaturated/α-hetero) is 1. The van der Waals surface area contributed by atoms with Gasteiger partial charge in [0.25, 0.3) is 0 Å². The minimum atomic E-state index is -2.15. The molecule has 0 bridgehead atoms. The molecule has 0 aromatic heterocycles. The molecule has 6 nitrogen and oxygen atoms in total. The van der Waals surface area contributed by atoms with Gasteiger partial charge in [0.2, 0.25) is 0 Å². The zero-order valence-corrected chi connectivity index (χ0v) is 10.2. The Bertz CT molecular complexity index is 515. The number of rotatable bonds is 3. The standard InChI is InChI=1S/C13H14N2O4/c16-10-7-4-8-13(19,12(17)18)11(10)15-14-9-5-2-1-3-6-9/h1-3,5-6,11,19H,4,7-8H2,(H,17,18). The van der Waals surface area contributed by atoms with Crippen molar-refractivity contribution in [1.29, 1.82) is 0 Å². The van der Waals surface area contributed by atoms with Crippen LogP contribution in [0.25, 0.3) is 0 Å². The fourth-order valence-corrected chi connectivity index (χ4v) is 2.07. The fraction of sp³-hybridized carbons (Fsp3) is 0.385. The molecule has 0 spiro atoms. The van der Waals surface area contributed by atoms with E-state index < -0.39 is 23.4 Å². The number of benzene rings is 1. The lowest BCUT2D eigenvalue weighted by atomic mass is 9.80. The molecule has 2 rings (SSSR count). The minimum absolute atomic E-state index is 0.00650. The number of aliphatic carboxylic acids is 1. The number of nitrogens with zero attached hydrogens (tertiary/aromatic N) is 2. The van der Waals surface area contributed by atoms with Gasteiger partial charge in [-0.2, -0.15) is 10.2 Å². The molecule has 6 heteroatoms. The second-order valence-corrected chi connectivity index (χ2v) is 4.50. The number of carboxylic acid groups (broad SMARTS) is 1. The van der Waals surface area contributed by atoms with Crippen LogP contribution in [-0.2, 0) is 9.59 Å². The number of hydrogen-bond donors (Lipinski definition) is 2. The van der Waals surface area contributed by atoms with Crippen molar-refractivity contribution in [3.05, 3.63) is 30.3 Å². The molecule has 1 aliphatic rings. The van der Waals surface area contributed by atoms with Crippen LogP contribution in [0.2, 0.25) is 0 Å². The molecule has 1 saturated carbocycles. The summed E-state index contributed by atoms with van der Waals surface area (Å²) in [7, 11) is 0. The number of carbonyl (C=O) groups is 2. The Morgan fingerprint density at radius 1 is 1.32 bits per heavy atom. The van der Waals surface area contributed by atoms with Crippen LogP contribution in [0.1, 0.15) is 19.3 Å². The molecule has 0 aliphatic heterocycles. The fourth-order valence-electron chi connectivity index (χ4n) is 2.07. The van der Waals surface area contributed by atoms with Crippen molar-refractivity contribution in [3.8, 4) is 0 Å². The lowest BCUT2D eigenvalue weighted by Gasteiger charge is -2.31. The first-order valence-electron chi connectivity index (χ1n) is 5.98. The van der Waals surface area contributed by atoms with E-state index in [-0.39, 0.29) is 12.8 Å². The zero-order chi connectivity index (χ0) is 13.9. The van der Waals surface area contributed by atoms with E-state index in [1.54, 1.807) is 30.3 Å². The van der Waals surface area contributed by atoms with Crippen LogP contribution in [0.15, 0.2) is 40.6 Å². The summed E-state index contributed by atoms with van der Waals surface area (Å²) in [5, 5.41) is 26.8. The van der Waals surface area contributed by atoms with Crippen LogP contribution in [0.4, 0.5) is 5.69 Å². The van der Waals surface area contributed by atoms with E-state index in [1.165, 1.54) is 0 Å². The van der Waals surface area contributed by atoms with Crippen LogP contribution in [0.5, 0.6) is 0 Å². The quantitative estimate of drug-likeness (QED) is 0.810. The topological polar surface area (TPSA) is 99.3 Å². The highest BCUT2D eigenvalue weighted by Gasteiger charge is 2.50. The number of aliphatic hydroxyl groups is 1. The molecule has 2 unspecified atom stereocenters. The first kappa shape index (κ1) is 13.4. The summed E-state index contributed by atoms with van der Waals surface area (Å²) in [5.74, 6) is -1.83. The molecule has 0 heterocycles. The molecular weight excluding hydrogens is 248 g/mol. The molecule has 19 heavy (non-hydrogen) atoms. The van der Waals surface area contributed by atoms with Crippen LogP contribution < -0.4 is 0 Å². The average Bonchev–Trinajstić information content (AvgIpc) is 2.39. The van der Waals surface area contributed by atoms with Gasteiger partial charge in [0.05, 0.1) is 5.69 Å². The Hall–Kier alpha value is -2.08. The van der Waals surface area contributed by atoms with Gasteiger partial charge in [-0.25, -0.2) is 4.79 Å². The summed E-state index contributed by atoms with van der Waals surface area (Å²) < 4.78 is 0.